The fourth-order valence-corrected chi connectivity index (χ4v) is 3.24. The first-order valence-electron chi connectivity index (χ1n) is 8.73. The van der Waals surface area contributed by atoms with Crippen molar-refractivity contribution in [1.82, 2.24) is 0 Å². The lowest BCUT2D eigenvalue weighted by Gasteiger charge is -2.31. The van der Waals surface area contributed by atoms with Crippen molar-refractivity contribution in [1.29, 1.82) is 0 Å². The van der Waals surface area contributed by atoms with E-state index < -0.39 is 0 Å². The van der Waals surface area contributed by atoms with Crippen molar-refractivity contribution in [3.8, 4) is 0 Å². The highest BCUT2D eigenvalue weighted by Crippen LogP contribution is 2.36. The van der Waals surface area contributed by atoms with Crippen LogP contribution in [0.15, 0.2) is 0 Å². The van der Waals surface area contributed by atoms with Crippen molar-refractivity contribution in [2.75, 3.05) is 6.61 Å². The average Bonchev–Trinajstić information content (AvgIpc) is 2.45. The molecule has 0 aliphatic carbocycles. The van der Waals surface area contributed by atoms with Crippen LogP contribution in [0.5, 0.6) is 0 Å². The van der Waals surface area contributed by atoms with Gasteiger partial charge < -0.3 is 4.43 Å². The molecule has 0 aromatic rings. The summed E-state index contributed by atoms with van der Waals surface area (Å²) in [6, 6.07) is 0. The number of unbranched alkanes of at least 4 members (excludes halogenated alkanes) is 7. The minimum atomic E-state index is 0.576. The predicted octanol–water partition coefficient (Wildman–Crippen LogP) is 5.01. The quantitative estimate of drug-likeness (QED) is 0.322. The third-order valence-electron chi connectivity index (χ3n) is 4.90. The van der Waals surface area contributed by atoms with Gasteiger partial charge in [-0.25, -0.2) is 0 Å². The summed E-state index contributed by atoms with van der Waals surface area (Å²) in [5.74, 6) is 0. The van der Waals surface area contributed by atoms with E-state index in [1.807, 2.05) is 0 Å². The third kappa shape index (κ3) is 9.67. The molecule has 0 saturated carbocycles. The predicted molar refractivity (Wildman–Crippen MR) is 90.8 cm³/mol. The van der Waals surface area contributed by atoms with Gasteiger partial charge in [0, 0.05) is 6.61 Å². The summed E-state index contributed by atoms with van der Waals surface area (Å²) < 4.78 is 5.42. The van der Waals surface area contributed by atoms with Gasteiger partial charge in [0.2, 0.25) is 0 Å². The Morgan fingerprint density at radius 2 is 1.26 bits per heavy atom. The van der Waals surface area contributed by atoms with E-state index in [0.717, 1.165) is 17.1 Å². The van der Waals surface area contributed by atoms with E-state index in [1.54, 1.807) is 0 Å². The Hall–Kier alpha value is 0.177. The van der Waals surface area contributed by atoms with Gasteiger partial charge in [0.25, 0.3) is 0 Å². The van der Waals surface area contributed by atoms with Crippen LogP contribution in [0.1, 0.15) is 97.8 Å². The van der Waals surface area contributed by atoms with Gasteiger partial charge in [0.05, 0.1) is 0 Å². The Labute approximate surface area is 125 Å². The molecule has 1 nitrogen and oxygen atoms in total. The maximum Gasteiger partial charge on any atom is 0.145 e. The minimum absolute atomic E-state index is 0.576. The Balaban J connectivity index is 3.63. The lowest BCUT2D eigenvalue weighted by atomic mass is 9.75. The topological polar surface area (TPSA) is 9.23 Å². The van der Waals surface area contributed by atoms with Gasteiger partial charge in [0.15, 0.2) is 0 Å². The van der Waals surface area contributed by atoms with Crippen molar-refractivity contribution < 1.29 is 4.43 Å². The highest BCUT2D eigenvalue weighted by molar-refractivity contribution is 5.97. The molecule has 0 unspecified atom stereocenters. The number of hydrogen-bond acceptors (Lipinski definition) is 1. The molecule has 0 aliphatic heterocycles. The van der Waals surface area contributed by atoms with Crippen LogP contribution in [0, 0.1) is 5.41 Å². The molecule has 0 amide bonds. The summed E-state index contributed by atoms with van der Waals surface area (Å²) in [5, 5.41) is 0. The second kappa shape index (κ2) is 13.2. The zero-order valence-corrected chi connectivity index (χ0v) is 16.1. The van der Waals surface area contributed by atoms with Crippen LogP contribution in [-0.4, -0.2) is 17.1 Å². The second-order valence-electron chi connectivity index (χ2n) is 6.17. The van der Waals surface area contributed by atoms with Gasteiger partial charge in [-0.05, 0) is 18.3 Å². The second-order valence-corrected chi connectivity index (χ2v) is 6.75. The lowest BCUT2D eigenvalue weighted by Crippen LogP contribution is -2.21. The molecule has 0 radical (unpaired) electrons. The molecule has 0 fully saturated rings. The first kappa shape index (κ1) is 19.2. The summed E-state index contributed by atoms with van der Waals surface area (Å²) in [6.45, 7) is 8.01. The van der Waals surface area contributed by atoms with Gasteiger partial charge in [-0.1, -0.05) is 85.0 Å². The molecular formula is C17H38OSi. The SMILES string of the molecule is CCCCCCCCCCC(CC)(CC)CCO[SiH3]. The van der Waals surface area contributed by atoms with Gasteiger partial charge in [-0.15, -0.1) is 0 Å². The van der Waals surface area contributed by atoms with Crippen molar-refractivity contribution in [3.05, 3.63) is 0 Å². The highest BCUT2D eigenvalue weighted by Gasteiger charge is 2.24. The summed E-state index contributed by atoms with van der Waals surface area (Å²) in [4.78, 5) is 0. The summed E-state index contributed by atoms with van der Waals surface area (Å²) >= 11 is 0. The molecular weight excluding hydrogens is 248 g/mol. The number of hydrogen-bond donors (Lipinski definition) is 0. The van der Waals surface area contributed by atoms with Crippen LogP contribution in [0.2, 0.25) is 0 Å². The molecule has 2 heteroatoms. The van der Waals surface area contributed by atoms with E-state index >= 15 is 0 Å². The Kier molecular flexibility index (Phi) is 13.3. The normalized spacial score (nSPS) is 12.2. The van der Waals surface area contributed by atoms with Gasteiger partial charge in [-0.3, -0.25) is 0 Å². The minimum Gasteiger partial charge on any atom is -0.428 e. The first-order chi connectivity index (χ1) is 9.24. The molecule has 0 saturated heterocycles. The lowest BCUT2D eigenvalue weighted by molar-refractivity contribution is 0.168. The van der Waals surface area contributed by atoms with Gasteiger partial charge in [-0.2, -0.15) is 0 Å². The van der Waals surface area contributed by atoms with E-state index in [2.05, 4.69) is 20.8 Å². The maximum atomic E-state index is 5.42. The summed E-state index contributed by atoms with van der Waals surface area (Å²) in [7, 11) is 0.894. The molecule has 0 heterocycles. The zero-order valence-electron chi connectivity index (χ0n) is 14.1. The molecule has 0 bridgehead atoms. The van der Waals surface area contributed by atoms with Crippen LogP contribution in [-0.2, 0) is 4.43 Å². The third-order valence-corrected chi connectivity index (χ3v) is 5.31. The van der Waals surface area contributed by atoms with Crippen molar-refractivity contribution >= 4 is 10.5 Å². The Bertz CT molecular complexity index is 178. The zero-order chi connectivity index (χ0) is 14.4. The smallest absolute Gasteiger partial charge is 0.145 e. The van der Waals surface area contributed by atoms with Gasteiger partial charge in [0.1, 0.15) is 10.5 Å². The van der Waals surface area contributed by atoms with E-state index in [-0.39, 0.29) is 0 Å². The van der Waals surface area contributed by atoms with E-state index in [9.17, 15) is 0 Å². The fraction of sp³-hybridized carbons (Fsp3) is 1.00. The molecule has 0 atom stereocenters. The number of rotatable bonds is 14. The Morgan fingerprint density at radius 1 is 0.737 bits per heavy atom. The standard InChI is InChI=1S/C17H38OSi/c1-4-7-8-9-10-11-12-13-14-17(5-2,6-3)15-16-18-19/h4-16H2,1-3,19H3. The van der Waals surface area contributed by atoms with Crippen LogP contribution in [0.4, 0.5) is 0 Å². The van der Waals surface area contributed by atoms with Crippen LogP contribution in [0.25, 0.3) is 0 Å². The molecule has 0 spiro atoms. The molecule has 0 aromatic heterocycles. The largest absolute Gasteiger partial charge is 0.428 e. The van der Waals surface area contributed by atoms with Crippen molar-refractivity contribution in [3.63, 3.8) is 0 Å². The maximum absolute atomic E-state index is 5.42. The summed E-state index contributed by atoms with van der Waals surface area (Å²) in [6.07, 6.45) is 16.8. The molecule has 0 aromatic carbocycles. The average molecular weight is 287 g/mol. The van der Waals surface area contributed by atoms with Gasteiger partial charge >= 0.3 is 0 Å². The van der Waals surface area contributed by atoms with Crippen LogP contribution in [0.3, 0.4) is 0 Å². The molecule has 0 aliphatic rings. The van der Waals surface area contributed by atoms with Crippen LogP contribution < -0.4 is 0 Å². The molecule has 19 heavy (non-hydrogen) atoms. The van der Waals surface area contributed by atoms with E-state index in [0.29, 0.717) is 5.41 Å². The molecule has 0 rings (SSSR count). The van der Waals surface area contributed by atoms with E-state index in [1.165, 1.54) is 77.0 Å². The fourth-order valence-electron chi connectivity index (χ4n) is 3.03. The Morgan fingerprint density at radius 3 is 1.74 bits per heavy atom. The summed E-state index contributed by atoms with van der Waals surface area (Å²) in [5.41, 5.74) is 0.576. The monoisotopic (exact) mass is 286 g/mol. The highest BCUT2D eigenvalue weighted by atomic mass is 28.2. The molecule has 116 valence electrons. The van der Waals surface area contributed by atoms with Crippen LogP contribution >= 0.6 is 0 Å². The first-order valence-corrected chi connectivity index (χ1v) is 9.55. The van der Waals surface area contributed by atoms with Crippen molar-refractivity contribution in [2.24, 2.45) is 5.41 Å². The van der Waals surface area contributed by atoms with E-state index in [4.69, 9.17) is 4.43 Å². The van der Waals surface area contributed by atoms with Crippen molar-refractivity contribution in [2.45, 2.75) is 97.8 Å². The molecule has 0 N–H and O–H groups in total.